The first-order valence-corrected chi connectivity index (χ1v) is 8.37. The second-order valence-corrected chi connectivity index (χ2v) is 5.95. The number of carbonyl (C=O) groups is 1. The van der Waals surface area contributed by atoms with Crippen molar-refractivity contribution in [2.75, 3.05) is 20.2 Å². The molecule has 1 aromatic rings. The van der Waals surface area contributed by atoms with Crippen LogP contribution in [0.25, 0.3) is 0 Å². The summed E-state index contributed by atoms with van der Waals surface area (Å²) in [6, 6.07) is 8.55. The maximum atomic E-state index is 11.9. The Bertz CT molecular complexity index is 476. The highest BCUT2D eigenvalue weighted by Crippen LogP contribution is 2.21. The van der Waals surface area contributed by atoms with E-state index in [0.29, 0.717) is 11.9 Å². The van der Waals surface area contributed by atoms with Crippen LogP contribution < -0.4 is 10.1 Å². The van der Waals surface area contributed by atoms with Crippen LogP contribution in [0.15, 0.2) is 24.3 Å². The molecule has 22 heavy (non-hydrogen) atoms. The Balaban J connectivity index is 1.72. The molecule has 0 aromatic heterocycles. The van der Waals surface area contributed by atoms with Gasteiger partial charge in [0, 0.05) is 25.6 Å². The molecule has 0 aliphatic carbocycles. The molecule has 0 bridgehead atoms. The number of benzene rings is 1. The zero-order valence-electron chi connectivity index (χ0n) is 13.8. The highest BCUT2D eigenvalue weighted by Gasteiger charge is 2.29. The summed E-state index contributed by atoms with van der Waals surface area (Å²) in [5, 5.41) is 3.48. The van der Waals surface area contributed by atoms with Crippen molar-refractivity contribution in [2.45, 2.75) is 51.6 Å². The number of nitrogens with zero attached hydrogens (tertiary/aromatic N) is 1. The zero-order valence-corrected chi connectivity index (χ0v) is 13.8. The highest BCUT2D eigenvalue weighted by atomic mass is 16.5. The smallest absolute Gasteiger partial charge is 0.222 e. The van der Waals surface area contributed by atoms with Gasteiger partial charge in [0.1, 0.15) is 5.75 Å². The topological polar surface area (TPSA) is 41.6 Å². The van der Waals surface area contributed by atoms with Gasteiger partial charge < -0.3 is 15.0 Å². The van der Waals surface area contributed by atoms with E-state index < -0.39 is 0 Å². The summed E-state index contributed by atoms with van der Waals surface area (Å²) < 4.78 is 5.23. The molecule has 2 rings (SSSR count). The lowest BCUT2D eigenvalue weighted by Gasteiger charge is -2.24. The third kappa shape index (κ3) is 4.73. The Kier molecular flexibility index (Phi) is 6.72. The highest BCUT2D eigenvalue weighted by molar-refractivity contribution is 5.78. The van der Waals surface area contributed by atoms with Gasteiger partial charge in [0.25, 0.3) is 0 Å². The molecule has 1 aromatic carbocycles. The van der Waals surface area contributed by atoms with Gasteiger partial charge in [-0.1, -0.05) is 25.5 Å². The van der Waals surface area contributed by atoms with Gasteiger partial charge in [0.05, 0.1) is 7.11 Å². The van der Waals surface area contributed by atoms with Gasteiger partial charge in [-0.3, -0.25) is 4.79 Å². The minimum absolute atomic E-state index is 0.339. The van der Waals surface area contributed by atoms with Crippen molar-refractivity contribution >= 4 is 5.91 Å². The van der Waals surface area contributed by atoms with Gasteiger partial charge in [0.15, 0.2) is 0 Å². The van der Waals surface area contributed by atoms with Gasteiger partial charge in [-0.25, -0.2) is 0 Å². The van der Waals surface area contributed by atoms with E-state index in [1.807, 2.05) is 12.1 Å². The fraction of sp³-hybridized carbons (Fsp3) is 0.611. The predicted octanol–water partition coefficient (Wildman–Crippen LogP) is 2.97. The van der Waals surface area contributed by atoms with E-state index in [0.717, 1.165) is 57.5 Å². The van der Waals surface area contributed by atoms with Crippen LogP contribution in [-0.2, 0) is 11.3 Å². The first-order chi connectivity index (χ1) is 10.7. The number of hydrogen-bond donors (Lipinski definition) is 1. The number of carbonyl (C=O) groups excluding carboxylic acids is 1. The lowest BCUT2D eigenvalue weighted by molar-refractivity contribution is -0.129. The van der Waals surface area contributed by atoms with Gasteiger partial charge >= 0.3 is 0 Å². The fourth-order valence-electron chi connectivity index (χ4n) is 3.01. The molecule has 4 nitrogen and oxygen atoms in total. The molecule has 1 amide bonds. The molecule has 0 unspecified atom stereocenters. The van der Waals surface area contributed by atoms with Crippen molar-refractivity contribution in [3.8, 4) is 5.75 Å². The summed E-state index contributed by atoms with van der Waals surface area (Å²) in [7, 11) is 1.69. The molecule has 0 spiro atoms. The molecule has 4 heteroatoms. The third-order valence-corrected chi connectivity index (χ3v) is 4.32. The van der Waals surface area contributed by atoms with E-state index in [-0.39, 0.29) is 0 Å². The van der Waals surface area contributed by atoms with Crippen LogP contribution in [0.5, 0.6) is 5.75 Å². The van der Waals surface area contributed by atoms with Gasteiger partial charge in [0.2, 0.25) is 5.91 Å². The summed E-state index contributed by atoms with van der Waals surface area (Å²) in [6.45, 7) is 4.88. The van der Waals surface area contributed by atoms with E-state index in [1.165, 1.54) is 5.56 Å². The Morgan fingerprint density at radius 2 is 2.27 bits per heavy atom. The van der Waals surface area contributed by atoms with Crippen LogP contribution in [0, 0.1) is 0 Å². The van der Waals surface area contributed by atoms with Crippen molar-refractivity contribution in [3.63, 3.8) is 0 Å². The molecule has 1 aliphatic heterocycles. The normalized spacial score (nSPS) is 18.0. The Hall–Kier alpha value is -1.55. The molecule has 1 aliphatic rings. The molecule has 122 valence electrons. The van der Waals surface area contributed by atoms with E-state index in [4.69, 9.17) is 4.74 Å². The van der Waals surface area contributed by atoms with Crippen molar-refractivity contribution in [1.29, 1.82) is 0 Å². The molecular weight excluding hydrogens is 276 g/mol. The zero-order chi connectivity index (χ0) is 15.8. The quantitative estimate of drug-likeness (QED) is 0.713. The van der Waals surface area contributed by atoms with Gasteiger partial charge in [-0.15, -0.1) is 0 Å². The summed E-state index contributed by atoms with van der Waals surface area (Å²) in [5.41, 5.74) is 1.23. The van der Waals surface area contributed by atoms with Crippen LogP contribution in [0.3, 0.4) is 0 Å². The van der Waals surface area contributed by atoms with E-state index >= 15 is 0 Å². The monoisotopic (exact) mass is 304 g/mol. The molecule has 0 saturated carbocycles. The first kappa shape index (κ1) is 16.8. The van der Waals surface area contributed by atoms with Crippen LogP contribution in [0.2, 0.25) is 0 Å². The minimum atomic E-state index is 0.339. The molecule has 0 radical (unpaired) electrons. The van der Waals surface area contributed by atoms with Crippen molar-refractivity contribution in [3.05, 3.63) is 29.8 Å². The fourth-order valence-corrected chi connectivity index (χ4v) is 3.01. The van der Waals surface area contributed by atoms with Gasteiger partial charge in [-0.2, -0.15) is 0 Å². The van der Waals surface area contributed by atoms with Crippen LogP contribution in [0.1, 0.15) is 44.6 Å². The average molecular weight is 304 g/mol. The van der Waals surface area contributed by atoms with Crippen molar-refractivity contribution in [2.24, 2.45) is 0 Å². The molecule has 1 atom stereocenters. The van der Waals surface area contributed by atoms with Crippen molar-refractivity contribution < 1.29 is 9.53 Å². The first-order valence-electron chi connectivity index (χ1n) is 8.37. The Labute approximate surface area is 133 Å². The molecule has 1 heterocycles. The van der Waals surface area contributed by atoms with Gasteiger partial charge in [-0.05, 0) is 43.5 Å². The summed E-state index contributed by atoms with van der Waals surface area (Å²) in [4.78, 5) is 14.0. The molecule has 1 saturated heterocycles. The second kappa shape index (κ2) is 8.79. The predicted molar refractivity (Wildman–Crippen MR) is 89.0 cm³/mol. The minimum Gasteiger partial charge on any atom is -0.497 e. The Morgan fingerprint density at radius 1 is 1.41 bits per heavy atom. The standard InChI is InChI=1S/C18H28N2O2/c1-3-4-12-20-16(8-9-18(20)21)10-11-19-14-15-6-5-7-17(13-15)22-2/h5-7,13,16,19H,3-4,8-12,14H2,1-2H3/t16-/m0/s1. The lowest BCUT2D eigenvalue weighted by atomic mass is 10.1. The summed E-state index contributed by atoms with van der Waals surface area (Å²) in [6.07, 6.45) is 5.04. The number of methoxy groups -OCH3 is 1. The molecule has 1 fully saturated rings. The number of rotatable bonds is 9. The largest absolute Gasteiger partial charge is 0.497 e. The van der Waals surface area contributed by atoms with E-state index in [2.05, 4.69) is 29.3 Å². The Morgan fingerprint density at radius 3 is 3.05 bits per heavy atom. The lowest BCUT2D eigenvalue weighted by Crippen LogP contribution is -2.35. The number of ether oxygens (including phenoxy) is 1. The maximum Gasteiger partial charge on any atom is 0.222 e. The number of hydrogen-bond acceptors (Lipinski definition) is 3. The van der Waals surface area contributed by atoms with E-state index in [1.54, 1.807) is 7.11 Å². The van der Waals surface area contributed by atoms with Crippen LogP contribution in [-0.4, -0.2) is 37.0 Å². The summed E-state index contributed by atoms with van der Waals surface area (Å²) in [5.74, 6) is 1.23. The number of nitrogens with one attached hydrogen (secondary N) is 1. The number of unbranched alkanes of at least 4 members (excludes halogenated alkanes) is 1. The van der Waals surface area contributed by atoms with Crippen molar-refractivity contribution in [1.82, 2.24) is 10.2 Å². The SMILES string of the molecule is CCCCN1C(=O)CC[C@H]1CCNCc1cccc(OC)c1. The molecular formula is C18H28N2O2. The molecule has 1 N–H and O–H groups in total. The number of amides is 1. The summed E-state index contributed by atoms with van der Waals surface area (Å²) >= 11 is 0. The van der Waals surface area contributed by atoms with Crippen LogP contribution >= 0.6 is 0 Å². The third-order valence-electron chi connectivity index (χ3n) is 4.32. The second-order valence-electron chi connectivity index (χ2n) is 5.95. The number of likely N-dealkylation sites (tertiary alicyclic amines) is 1. The maximum absolute atomic E-state index is 11.9. The van der Waals surface area contributed by atoms with E-state index in [9.17, 15) is 4.79 Å². The van der Waals surface area contributed by atoms with Crippen LogP contribution in [0.4, 0.5) is 0 Å². The average Bonchev–Trinajstić information content (AvgIpc) is 2.90.